The van der Waals surface area contributed by atoms with E-state index in [1.54, 1.807) is 11.3 Å². The first kappa shape index (κ1) is 10.3. The summed E-state index contributed by atoms with van der Waals surface area (Å²) in [5.74, 6) is 0. The normalized spacial score (nSPS) is 10.5. The molecule has 2 heterocycles. The smallest absolute Gasteiger partial charge is 0.107 e. The second kappa shape index (κ2) is 4.51. The Morgan fingerprint density at radius 2 is 2.07 bits per heavy atom. The molecular weight excluding hydrogens is 206 g/mol. The van der Waals surface area contributed by atoms with E-state index in [2.05, 4.69) is 15.3 Å². The topological polar surface area (TPSA) is 37.8 Å². The summed E-state index contributed by atoms with van der Waals surface area (Å²) in [5.41, 5.74) is 2.29. The lowest BCUT2D eigenvalue weighted by atomic mass is 10.2. The number of aryl methyl sites for hydroxylation is 1. The fraction of sp³-hybridized carbons (Fsp3) is 0.273. The maximum Gasteiger partial charge on any atom is 0.107 e. The minimum Gasteiger partial charge on any atom is -0.314 e. The highest BCUT2D eigenvalue weighted by Crippen LogP contribution is 2.29. The number of nitrogens with one attached hydrogen (secondary N) is 1. The molecule has 0 unspecified atom stereocenters. The van der Waals surface area contributed by atoms with E-state index >= 15 is 0 Å². The molecule has 0 saturated carbocycles. The first-order valence-corrected chi connectivity index (χ1v) is 5.64. The number of rotatable bonds is 3. The summed E-state index contributed by atoms with van der Waals surface area (Å²) in [5, 5.41) is 4.24. The van der Waals surface area contributed by atoms with Crippen LogP contribution in [0.3, 0.4) is 0 Å². The third kappa shape index (κ3) is 2.22. The average molecular weight is 219 g/mol. The van der Waals surface area contributed by atoms with Crippen molar-refractivity contribution in [2.24, 2.45) is 0 Å². The molecule has 0 aliphatic heterocycles. The number of pyridine rings is 1. The van der Waals surface area contributed by atoms with Crippen molar-refractivity contribution in [1.82, 2.24) is 15.3 Å². The maximum atomic E-state index is 4.51. The zero-order valence-corrected chi connectivity index (χ0v) is 9.64. The quantitative estimate of drug-likeness (QED) is 0.860. The van der Waals surface area contributed by atoms with Crippen LogP contribution < -0.4 is 5.32 Å². The summed E-state index contributed by atoms with van der Waals surface area (Å²) in [6.07, 6.45) is 3.62. The van der Waals surface area contributed by atoms with E-state index in [0.717, 1.165) is 17.2 Å². The molecule has 0 fully saturated rings. The number of hydrogen-bond acceptors (Lipinski definition) is 4. The van der Waals surface area contributed by atoms with Crippen molar-refractivity contribution < 1.29 is 0 Å². The molecule has 15 heavy (non-hydrogen) atoms. The molecule has 0 spiro atoms. The summed E-state index contributed by atoms with van der Waals surface area (Å²) in [7, 11) is 1.93. The van der Waals surface area contributed by atoms with Crippen LogP contribution in [0.25, 0.3) is 10.4 Å². The van der Waals surface area contributed by atoms with Crippen molar-refractivity contribution in [1.29, 1.82) is 0 Å². The molecule has 0 amide bonds. The van der Waals surface area contributed by atoms with Gasteiger partial charge in [0.2, 0.25) is 0 Å². The van der Waals surface area contributed by atoms with Gasteiger partial charge in [0.15, 0.2) is 0 Å². The van der Waals surface area contributed by atoms with Crippen molar-refractivity contribution >= 4 is 11.3 Å². The van der Waals surface area contributed by atoms with Gasteiger partial charge in [-0.25, -0.2) is 4.98 Å². The minimum atomic E-state index is 0.830. The lowest BCUT2D eigenvalue weighted by molar-refractivity contribution is 0.807. The van der Waals surface area contributed by atoms with Crippen molar-refractivity contribution in [2.75, 3.05) is 7.05 Å². The molecule has 78 valence electrons. The molecule has 0 aliphatic rings. The molecular formula is C11H13N3S. The van der Waals surface area contributed by atoms with E-state index in [0.29, 0.717) is 0 Å². The number of nitrogens with zero attached hydrogens (tertiary/aromatic N) is 2. The molecule has 2 rings (SSSR count). The van der Waals surface area contributed by atoms with Gasteiger partial charge in [0.25, 0.3) is 0 Å². The Labute approximate surface area is 93.2 Å². The van der Waals surface area contributed by atoms with E-state index in [4.69, 9.17) is 0 Å². The zero-order chi connectivity index (χ0) is 10.7. The van der Waals surface area contributed by atoms with Crippen LogP contribution in [0.1, 0.15) is 10.7 Å². The molecule has 1 N–H and O–H groups in total. The van der Waals surface area contributed by atoms with Crippen molar-refractivity contribution in [3.63, 3.8) is 0 Å². The standard InChI is InChI=1S/C11H13N3S/c1-8-11(9-3-5-13-6-4-9)15-10(14-8)7-12-2/h3-6,12H,7H2,1-2H3. The fourth-order valence-electron chi connectivity index (χ4n) is 1.45. The Bertz CT molecular complexity index is 436. The molecule has 0 saturated heterocycles. The maximum absolute atomic E-state index is 4.51. The average Bonchev–Trinajstić information content (AvgIpc) is 2.61. The van der Waals surface area contributed by atoms with E-state index in [1.165, 1.54) is 10.4 Å². The summed E-state index contributed by atoms with van der Waals surface area (Å²) in [6, 6.07) is 4.04. The molecule has 4 heteroatoms. The fourth-order valence-corrected chi connectivity index (χ4v) is 2.53. The van der Waals surface area contributed by atoms with E-state index in [-0.39, 0.29) is 0 Å². The second-order valence-corrected chi connectivity index (χ2v) is 4.37. The van der Waals surface area contributed by atoms with Crippen molar-refractivity contribution in [3.05, 3.63) is 35.2 Å². The van der Waals surface area contributed by atoms with Crippen LogP contribution in [0, 0.1) is 6.92 Å². The van der Waals surface area contributed by atoms with Crippen molar-refractivity contribution in [3.8, 4) is 10.4 Å². The molecule has 0 radical (unpaired) electrons. The zero-order valence-electron chi connectivity index (χ0n) is 8.82. The van der Waals surface area contributed by atoms with Gasteiger partial charge in [-0.2, -0.15) is 0 Å². The van der Waals surface area contributed by atoms with Crippen LogP contribution in [-0.2, 0) is 6.54 Å². The lowest BCUT2D eigenvalue weighted by Gasteiger charge is -1.95. The van der Waals surface area contributed by atoms with Crippen LogP contribution in [0.2, 0.25) is 0 Å². The molecule has 0 atom stereocenters. The lowest BCUT2D eigenvalue weighted by Crippen LogP contribution is -2.04. The number of aromatic nitrogens is 2. The Kier molecular flexibility index (Phi) is 3.08. The van der Waals surface area contributed by atoms with Gasteiger partial charge in [0, 0.05) is 18.9 Å². The van der Waals surface area contributed by atoms with Crippen LogP contribution >= 0.6 is 11.3 Å². The Morgan fingerprint density at radius 1 is 1.33 bits per heavy atom. The molecule has 0 bridgehead atoms. The Balaban J connectivity index is 2.36. The molecule has 0 aromatic carbocycles. The van der Waals surface area contributed by atoms with E-state index in [9.17, 15) is 0 Å². The van der Waals surface area contributed by atoms with Crippen LogP contribution in [0.5, 0.6) is 0 Å². The highest BCUT2D eigenvalue weighted by molar-refractivity contribution is 7.15. The van der Waals surface area contributed by atoms with Gasteiger partial charge in [-0.1, -0.05) is 0 Å². The Hall–Kier alpha value is -1.26. The van der Waals surface area contributed by atoms with Gasteiger partial charge in [0.1, 0.15) is 5.01 Å². The summed E-state index contributed by atoms with van der Waals surface area (Å²) in [4.78, 5) is 9.77. The number of hydrogen-bond donors (Lipinski definition) is 1. The number of thiazole rings is 1. The third-order valence-electron chi connectivity index (χ3n) is 2.11. The van der Waals surface area contributed by atoms with Crippen LogP contribution in [0.15, 0.2) is 24.5 Å². The minimum absolute atomic E-state index is 0.830. The van der Waals surface area contributed by atoms with E-state index < -0.39 is 0 Å². The molecule has 2 aromatic heterocycles. The highest BCUT2D eigenvalue weighted by atomic mass is 32.1. The van der Waals surface area contributed by atoms with Gasteiger partial charge in [-0.3, -0.25) is 4.98 Å². The highest BCUT2D eigenvalue weighted by Gasteiger charge is 2.08. The predicted octanol–water partition coefficient (Wildman–Crippen LogP) is 2.23. The van der Waals surface area contributed by atoms with Gasteiger partial charge < -0.3 is 5.32 Å². The SMILES string of the molecule is CNCc1nc(C)c(-c2ccncc2)s1. The van der Waals surface area contributed by atoms with Crippen LogP contribution in [-0.4, -0.2) is 17.0 Å². The monoisotopic (exact) mass is 219 g/mol. The molecule has 3 nitrogen and oxygen atoms in total. The molecule has 2 aromatic rings. The predicted molar refractivity (Wildman–Crippen MR) is 62.8 cm³/mol. The third-order valence-corrected chi connectivity index (χ3v) is 3.32. The summed E-state index contributed by atoms with van der Waals surface area (Å²) in [6.45, 7) is 2.88. The molecule has 0 aliphatic carbocycles. The summed E-state index contributed by atoms with van der Waals surface area (Å²) >= 11 is 1.74. The van der Waals surface area contributed by atoms with E-state index in [1.807, 2.05) is 38.5 Å². The second-order valence-electron chi connectivity index (χ2n) is 3.29. The summed E-state index contributed by atoms with van der Waals surface area (Å²) < 4.78 is 0. The van der Waals surface area contributed by atoms with Crippen LogP contribution in [0.4, 0.5) is 0 Å². The first-order valence-electron chi connectivity index (χ1n) is 4.82. The Morgan fingerprint density at radius 3 is 2.73 bits per heavy atom. The van der Waals surface area contributed by atoms with Gasteiger partial charge in [-0.05, 0) is 31.7 Å². The van der Waals surface area contributed by atoms with Gasteiger partial charge >= 0.3 is 0 Å². The van der Waals surface area contributed by atoms with Gasteiger partial charge in [0.05, 0.1) is 10.6 Å². The first-order chi connectivity index (χ1) is 7.31. The van der Waals surface area contributed by atoms with Crippen molar-refractivity contribution in [2.45, 2.75) is 13.5 Å². The van der Waals surface area contributed by atoms with Gasteiger partial charge in [-0.15, -0.1) is 11.3 Å². The largest absolute Gasteiger partial charge is 0.314 e.